The molecule has 0 aromatic heterocycles. The third kappa shape index (κ3) is 2.17. The summed E-state index contributed by atoms with van der Waals surface area (Å²) in [5.41, 5.74) is 4.77. The van der Waals surface area contributed by atoms with E-state index >= 15 is 0 Å². The lowest BCUT2D eigenvalue weighted by atomic mass is 9.83. The van der Waals surface area contributed by atoms with Gasteiger partial charge in [0.05, 0.1) is 6.54 Å². The molecule has 0 unspecified atom stereocenters. The van der Waals surface area contributed by atoms with Crippen LogP contribution in [0.4, 0.5) is 0 Å². The van der Waals surface area contributed by atoms with Crippen molar-refractivity contribution >= 4 is 18.0 Å². The molecule has 0 atom stereocenters. The number of nitrogens with zero attached hydrogens (tertiary/aromatic N) is 1. The summed E-state index contributed by atoms with van der Waals surface area (Å²) in [6, 6.07) is 23.6. The quantitative estimate of drug-likeness (QED) is 0.704. The van der Waals surface area contributed by atoms with Gasteiger partial charge in [0, 0.05) is 16.7 Å². The van der Waals surface area contributed by atoms with Crippen LogP contribution in [-0.4, -0.2) is 17.5 Å². The van der Waals surface area contributed by atoms with E-state index in [1.807, 2.05) is 36.4 Å². The summed E-state index contributed by atoms with van der Waals surface area (Å²) < 4.78 is 6.58. The SMILES string of the molecule is Oc1ccc(C2=NCC3(O2)c2ccccc2C=Cc2ccccc23)cc1. The maximum Gasteiger partial charge on any atom is 0.217 e. The predicted octanol–water partition coefficient (Wildman–Crippen LogP) is 4.60. The summed E-state index contributed by atoms with van der Waals surface area (Å²) in [4.78, 5) is 4.74. The van der Waals surface area contributed by atoms with Crippen LogP contribution in [0, 0.1) is 0 Å². The fourth-order valence-electron chi connectivity index (χ4n) is 3.79. The van der Waals surface area contributed by atoms with E-state index in [2.05, 4.69) is 36.4 Å². The topological polar surface area (TPSA) is 41.8 Å². The normalized spacial score (nSPS) is 16.4. The molecule has 1 aliphatic carbocycles. The summed E-state index contributed by atoms with van der Waals surface area (Å²) in [5, 5.41) is 9.55. The highest BCUT2D eigenvalue weighted by Gasteiger charge is 2.45. The van der Waals surface area contributed by atoms with E-state index in [0.717, 1.165) is 27.8 Å². The van der Waals surface area contributed by atoms with Crippen LogP contribution in [0.5, 0.6) is 5.75 Å². The highest BCUT2D eigenvalue weighted by molar-refractivity contribution is 5.96. The van der Waals surface area contributed by atoms with Gasteiger partial charge >= 0.3 is 0 Å². The number of phenolic OH excluding ortho intramolecular Hbond substituents is 1. The number of aromatic hydroxyl groups is 1. The van der Waals surface area contributed by atoms with E-state index in [0.29, 0.717) is 12.4 Å². The van der Waals surface area contributed by atoms with Crippen LogP contribution in [0.2, 0.25) is 0 Å². The molecule has 0 radical (unpaired) electrons. The van der Waals surface area contributed by atoms with Gasteiger partial charge in [-0.2, -0.15) is 0 Å². The van der Waals surface area contributed by atoms with Crippen LogP contribution in [-0.2, 0) is 10.3 Å². The van der Waals surface area contributed by atoms with Crippen molar-refractivity contribution in [3.63, 3.8) is 0 Å². The second-order valence-electron chi connectivity index (χ2n) is 6.61. The van der Waals surface area contributed by atoms with E-state index in [-0.39, 0.29) is 5.75 Å². The van der Waals surface area contributed by atoms with Gasteiger partial charge in [-0.15, -0.1) is 0 Å². The van der Waals surface area contributed by atoms with Crippen LogP contribution >= 0.6 is 0 Å². The van der Waals surface area contributed by atoms with Crippen LogP contribution in [0.25, 0.3) is 12.2 Å². The number of fused-ring (bicyclic) bond motifs is 4. The molecule has 2 aliphatic rings. The Morgan fingerprint density at radius 2 is 1.35 bits per heavy atom. The summed E-state index contributed by atoms with van der Waals surface area (Å²) in [6.45, 7) is 0.527. The van der Waals surface area contributed by atoms with Gasteiger partial charge in [0.1, 0.15) is 5.75 Å². The highest BCUT2D eigenvalue weighted by atomic mass is 16.5. The standard InChI is InChI=1S/C23H17NO2/c25-19-13-11-18(12-14-19)22-24-15-23(26-22)20-7-3-1-5-16(20)9-10-17-6-2-4-8-21(17)23/h1-14,25H,15H2. The Labute approximate surface area is 151 Å². The maximum atomic E-state index is 9.55. The monoisotopic (exact) mass is 339 g/mol. The zero-order valence-corrected chi connectivity index (χ0v) is 14.1. The molecule has 0 bridgehead atoms. The first-order valence-corrected chi connectivity index (χ1v) is 8.66. The molecular weight excluding hydrogens is 322 g/mol. The van der Waals surface area contributed by atoms with Crippen LogP contribution in [0.15, 0.2) is 77.8 Å². The average Bonchev–Trinajstić information content (AvgIpc) is 3.08. The summed E-state index contributed by atoms with van der Waals surface area (Å²) >= 11 is 0. The van der Waals surface area contributed by atoms with Crippen molar-refractivity contribution < 1.29 is 9.84 Å². The molecule has 5 rings (SSSR count). The largest absolute Gasteiger partial charge is 0.508 e. The molecule has 0 saturated heterocycles. The predicted molar refractivity (Wildman–Crippen MR) is 103 cm³/mol. The van der Waals surface area contributed by atoms with Crippen molar-refractivity contribution in [2.45, 2.75) is 5.60 Å². The molecule has 3 aromatic carbocycles. The lowest BCUT2D eigenvalue weighted by Gasteiger charge is -2.31. The fraction of sp³-hybridized carbons (Fsp3) is 0.0870. The van der Waals surface area contributed by atoms with Gasteiger partial charge in [0.15, 0.2) is 5.60 Å². The van der Waals surface area contributed by atoms with Gasteiger partial charge in [-0.25, -0.2) is 4.99 Å². The fourth-order valence-corrected chi connectivity index (χ4v) is 3.79. The number of benzene rings is 3. The molecule has 3 heteroatoms. The molecule has 26 heavy (non-hydrogen) atoms. The van der Waals surface area contributed by atoms with Crippen molar-refractivity contribution in [1.29, 1.82) is 0 Å². The molecular formula is C23H17NO2. The third-order valence-corrected chi connectivity index (χ3v) is 5.06. The Morgan fingerprint density at radius 3 is 1.96 bits per heavy atom. The summed E-state index contributed by atoms with van der Waals surface area (Å²) in [7, 11) is 0. The molecule has 0 amide bonds. The molecule has 0 fully saturated rings. The van der Waals surface area contributed by atoms with Gasteiger partial charge in [-0.3, -0.25) is 0 Å². The Morgan fingerprint density at radius 1 is 0.769 bits per heavy atom. The van der Waals surface area contributed by atoms with Crippen LogP contribution < -0.4 is 0 Å². The van der Waals surface area contributed by atoms with Gasteiger partial charge in [-0.1, -0.05) is 60.7 Å². The van der Waals surface area contributed by atoms with Gasteiger partial charge in [0.2, 0.25) is 5.90 Å². The van der Waals surface area contributed by atoms with Crippen molar-refractivity contribution in [2.75, 3.05) is 6.54 Å². The van der Waals surface area contributed by atoms with Crippen molar-refractivity contribution in [1.82, 2.24) is 0 Å². The van der Waals surface area contributed by atoms with Gasteiger partial charge < -0.3 is 9.84 Å². The zero-order valence-electron chi connectivity index (χ0n) is 14.1. The summed E-state index contributed by atoms with van der Waals surface area (Å²) in [5.74, 6) is 0.841. The molecule has 0 saturated carbocycles. The third-order valence-electron chi connectivity index (χ3n) is 5.06. The number of rotatable bonds is 1. The first-order valence-electron chi connectivity index (χ1n) is 8.66. The van der Waals surface area contributed by atoms with Gasteiger partial charge in [-0.05, 0) is 35.4 Å². The van der Waals surface area contributed by atoms with E-state index in [1.165, 1.54) is 0 Å². The van der Waals surface area contributed by atoms with E-state index in [4.69, 9.17) is 9.73 Å². The molecule has 1 N–H and O–H groups in total. The number of phenols is 1. The number of aliphatic imine (C=N–C) groups is 1. The van der Waals surface area contributed by atoms with Crippen LogP contribution in [0.3, 0.4) is 0 Å². The Balaban J connectivity index is 1.67. The smallest absolute Gasteiger partial charge is 0.217 e. The van der Waals surface area contributed by atoms with Crippen LogP contribution in [0.1, 0.15) is 27.8 Å². The average molecular weight is 339 g/mol. The first-order chi connectivity index (χ1) is 12.8. The highest BCUT2D eigenvalue weighted by Crippen LogP contribution is 2.44. The number of hydrogen-bond acceptors (Lipinski definition) is 3. The van der Waals surface area contributed by atoms with Crippen molar-refractivity contribution in [3.8, 4) is 5.75 Å². The Kier molecular flexibility index (Phi) is 3.22. The summed E-state index contributed by atoms with van der Waals surface area (Å²) in [6.07, 6.45) is 4.29. The van der Waals surface area contributed by atoms with E-state index < -0.39 is 5.60 Å². The first kappa shape index (κ1) is 15.0. The van der Waals surface area contributed by atoms with Crippen molar-refractivity contribution in [2.24, 2.45) is 4.99 Å². The molecule has 3 aromatic rings. The second-order valence-corrected chi connectivity index (χ2v) is 6.61. The molecule has 3 nitrogen and oxygen atoms in total. The van der Waals surface area contributed by atoms with E-state index in [9.17, 15) is 5.11 Å². The molecule has 1 spiro atoms. The molecule has 126 valence electrons. The number of hydrogen-bond donors (Lipinski definition) is 1. The lowest BCUT2D eigenvalue weighted by Crippen LogP contribution is -2.33. The zero-order chi connectivity index (χ0) is 17.6. The van der Waals surface area contributed by atoms with Gasteiger partial charge in [0.25, 0.3) is 0 Å². The number of ether oxygens (including phenoxy) is 1. The minimum atomic E-state index is -0.635. The minimum Gasteiger partial charge on any atom is -0.508 e. The Bertz CT molecular complexity index is 998. The second kappa shape index (κ2) is 5.60. The molecule has 1 aliphatic heterocycles. The Hall–Kier alpha value is -3.33. The van der Waals surface area contributed by atoms with Crippen molar-refractivity contribution in [3.05, 3.63) is 101 Å². The lowest BCUT2D eigenvalue weighted by molar-refractivity contribution is 0.132. The molecule has 1 heterocycles. The minimum absolute atomic E-state index is 0.233. The van der Waals surface area contributed by atoms with E-state index in [1.54, 1.807) is 12.1 Å². The maximum absolute atomic E-state index is 9.55.